The molecule has 1 aromatic heterocycles. The van der Waals surface area contributed by atoms with E-state index in [9.17, 15) is 0 Å². The summed E-state index contributed by atoms with van der Waals surface area (Å²) in [6, 6.07) is 62.3. The number of hydrogen-bond donors (Lipinski definition) is 0. The third-order valence-electron chi connectivity index (χ3n) is 11.6. The molecule has 244 valence electrons. The third kappa shape index (κ3) is 3.99. The first-order valence-corrected chi connectivity index (χ1v) is 18.2. The molecule has 0 bridgehead atoms. The molecule has 1 aliphatic rings. The van der Waals surface area contributed by atoms with E-state index in [0.717, 1.165) is 27.5 Å². The number of rotatable bonds is 3. The van der Waals surface area contributed by atoms with Gasteiger partial charge in [0.05, 0.1) is 0 Å². The number of benzene rings is 9. The van der Waals surface area contributed by atoms with Crippen LogP contribution in [0.2, 0.25) is 0 Å². The van der Waals surface area contributed by atoms with E-state index in [-0.39, 0.29) is 5.41 Å². The van der Waals surface area contributed by atoms with Crippen LogP contribution in [-0.4, -0.2) is 0 Å². The van der Waals surface area contributed by atoms with Gasteiger partial charge in [0.1, 0.15) is 11.2 Å². The second-order valence-corrected chi connectivity index (χ2v) is 14.8. The Morgan fingerprint density at radius 3 is 1.56 bits per heavy atom. The van der Waals surface area contributed by atoms with Crippen LogP contribution in [0.1, 0.15) is 25.0 Å². The van der Waals surface area contributed by atoms with Crippen molar-refractivity contribution in [2.75, 3.05) is 0 Å². The quantitative estimate of drug-likeness (QED) is 0.172. The summed E-state index contributed by atoms with van der Waals surface area (Å²) in [6.45, 7) is 4.81. The van der Waals surface area contributed by atoms with Gasteiger partial charge in [-0.25, -0.2) is 0 Å². The fourth-order valence-electron chi connectivity index (χ4n) is 9.38. The predicted octanol–water partition coefficient (Wildman–Crippen LogP) is 14.4. The highest BCUT2D eigenvalue weighted by Crippen LogP contribution is 2.55. The van der Waals surface area contributed by atoms with Crippen molar-refractivity contribution in [1.29, 1.82) is 0 Å². The summed E-state index contributed by atoms with van der Waals surface area (Å²) in [5, 5.41) is 9.88. The zero-order chi connectivity index (χ0) is 34.6. The summed E-state index contributed by atoms with van der Waals surface area (Å²) < 4.78 is 6.59. The standard InChI is InChI=1S/C51H34O/c1-51(2)45-30-32-16-4-3-15-31(32)29-44(45)40-24-13-27-43(49(40)51)48-38-22-9-7-20-36(38)47(37-21-8-10-23-39(37)48)35-19-6-5-17-33(35)41-25-14-26-42-34-18-11-12-28-46(34)52-50(41)42/h3-30H,1-2H3. The number of hydrogen-bond acceptors (Lipinski definition) is 1. The van der Waals surface area contributed by atoms with Crippen LogP contribution < -0.4 is 0 Å². The van der Waals surface area contributed by atoms with Crippen molar-refractivity contribution in [3.05, 3.63) is 181 Å². The van der Waals surface area contributed by atoms with Crippen LogP contribution in [0.5, 0.6) is 0 Å². The zero-order valence-electron chi connectivity index (χ0n) is 29.1. The lowest BCUT2D eigenvalue weighted by Crippen LogP contribution is -2.16. The molecule has 0 unspecified atom stereocenters. The van der Waals surface area contributed by atoms with E-state index in [1.807, 2.05) is 6.07 Å². The minimum atomic E-state index is -0.177. The minimum absolute atomic E-state index is 0.177. The lowest BCUT2D eigenvalue weighted by molar-refractivity contribution is 0.663. The van der Waals surface area contributed by atoms with E-state index >= 15 is 0 Å². The van der Waals surface area contributed by atoms with Crippen molar-refractivity contribution in [3.8, 4) is 44.5 Å². The highest BCUT2D eigenvalue weighted by atomic mass is 16.3. The summed E-state index contributed by atoms with van der Waals surface area (Å²) in [5.41, 5.74) is 14.5. The van der Waals surface area contributed by atoms with Crippen molar-refractivity contribution in [2.24, 2.45) is 0 Å². The minimum Gasteiger partial charge on any atom is -0.455 e. The Kier molecular flexibility index (Phi) is 6.08. The first kappa shape index (κ1) is 29.3. The molecule has 11 rings (SSSR count). The lowest BCUT2D eigenvalue weighted by atomic mass is 9.76. The van der Waals surface area contributed by atoms with Crippen molar-refractivity contribution in [1.82, 2.24) is 0 Å². The molecule has 9 aromatic carbocycles. The molecular weight excluding hydrogens is 629 g/mol. The SMILES string of the molecule is CC1(C)c2cc3ccccc3cc2-c2cccc(-c3c4ccccc4c(-c4ccccc4-c4cccc5c4oc4ccccc45)c4ccccc34)c21. The molecule has 0 saturated carbocycles. The predicted molar refractivity (Wildman–Crippen MR) is 220 cm³/mol. The third-order valence-corrected chi connectivity index (χ3v) is 11.6. The van der Waals surface area contributed by atoms with E-state index in [2.05, 4.69) is 178 Å². The van der Waals surface area contributed by atoms with Crippen LogP contribution in [0.3, 0.4) is 0 Å². The maximum absolute atomic E-state index is 6.59. The van der Waals surface area contributed by atoms with Gasteiger partial charge in [-0.05, 0) is 101 Å². The van der Waals surface area contributed by atoms with E-state index < -0.39 is 0 Å². The van der Waals surface area contributed by atoms with Gasteiger partial charge in [-0.3, -0.25) is 0 Å². The van der Waals surface area contributed by atoms with Crippen LogP contribution >= 0.6 is 0 Å². The summed E-state index contributed by atoms with van der Waals surface area (Å²) in [7, 11) is 0. The Bertz CT molecular complexity index is 3040. The Balaban J connectivity index is 1.21. The number of para-hydroxylation sites is 2. The Morgan fingerprint density at radius 1 is 0.365 bits per heavy atom. The number of fused-ring (bicyclic) bond motifs is 9. The summed E-state index contributed by atoms with van der Waals surface area (Å²) in [6.07, 6.45) is 0. The van der Waals surface area contributed by atoms with Gasteiger partial charge < -0.3 is 4.42 Å². The van der Waals surface area contributed by atoms with Crippen LogP contribution in [-0.2, 0) is 5.41 Å². The number of furan rings is 1. The molecule has 0 aliphatic heterocycles. The molecule has 0 atom stereocenters. The van der Waals surface area contributed by atoms with Gasteiger partial charge in [-0.15, -0.1) is 0 Å². The van der Waals surface area contributed by atoms with E-state index in [4.69, 9.17) is 4.42 Å². The van der Waals surface area contributed by atoms with Gasteiger partial charge in [0, 0.05) is 21.8 Å². The van der Waals surface area contributed by atoms with Gasteiger partial charge in [-0.1, -0.05) is 166 Å². The maximum Gasteiger partial charge on any atom is 0.143 e. The van der Waals surface area contributed by atoms with Crippen molar-refractivity contribution in [2.45, 2.75) is 19.3 Å². The van der Waals surface area contributed by atoms with E-state index in [1.165, 1.54) is 82.4 Å². The van der Waals surface area contributed by atoms with Crippen LogP contribution in [0.4, 0.5) is 0 Å². The van der Waals surface area contributed by atoms with E-state index in [0.29, 0.717) is 0 Å². The molecule has 1 aliphatic carbocycles. The zero-order valence-corrected chi connectivity index (χ0v) is 29.1. The maximum atomic E-state index is 6.59. The van der Waals surface area contributed by atoms with Crippen LogP contribution in [0.25, 0.3) is 98.8 Å². The molecule has 0 spiro atoms. The molecule has 10 aromatic rings. The summed E-state index contributed by atoms with van der Waals surface area (Å²) in [5.74, 6) is 0. The second kappa shape index (κ2) is 10.8. The molecule has 0 fully saturated rings. The second-order valence-electron chi connectivity index (χ2n) is 14.8. The Labute approximate surface area is 302 Å². The average Bonchev–Trinajstić information content (AvgIpc) is 3.68. The Hall–Kier alpha value is -6.44. The summed E-state index contributed by atoms with van der Waals surface area (Å²) in [4.78, 5) is 0. The molecular formula is C51H34O. The van der Waals surface area contributed by atoms with E-state index in [1.54, 1.807) is 0 Å². The highest BCUT2D eigenvalue weighted by molar-refractivity contribution is 6.23. The molecule has 0 saturated heterocycles. The fraction of sp³-hybridized carbons (Fsp3) is 0.0588. The molecule has 0 amide bonds. The first-order chi connectivity index (χ1) is 25.6. The van der Waals surface area contributed by atoms with Gasteiger partial charge in [0.15, 0.2) is 0 Å². The molecule has 52 heavy (non-hydrogen) atoms. The van der Waals surface area contributed by atoms with Crippen molar-refractivity contribution in [3.63, 3.8) is 0 Å². The van der Waals surface area contributed by atoms with Crippen LogP contribution in [0.15, 0.2) is 174 Å². The molecule has 1 heteroatoms. The van der Waals surface area contributed by atoms with Gasteiger partial charge in [-0.2, -0.15) is 0 Å². The van der Waals surface area contributed by atoms with Gasteiger partial charge in [0.2, 0.25) is 0 Å². The lowest BCUT2D eigenvalue weighted by Gasteiger charge is -2.26. The summed E-state index contributed by atoms with van der Waals surface area (Å²) >= 11 is 0. The first-order valence-electron chi connectivity index (χ1n) is 18.2. The molecule has 1 heterocycles. The Morgan fingerprint density at radius 2 is 0.846 bits per heavy atom. The van der Waals surface area contributed by atoms with Crippen LogP contribution in [0, 0.1) is 0 Å². The van der Waals surface area contributed by atoms with Crippen molar-refractivity contribution >= 4 is 54.3 Å². The highest BCUT2D eigenvalue weighted by Gasteiger charge is 2.38. The average molecular weight is 663 g/mol. The van der Waals surface area contributed by atoms with Gasteiger partial charge >= 0.3 is 0 Å². The smallest absolute Gasteiger partial charge is 0.143 e. The normalized spacial score (nSPS) is 13.3. The fourth-order valence-corrected chi connectivity index (χ4v) is 9.38. The monoisotopic (exact) mass is 662 g/mol. The van der Waals surface area contributed by atoms with Crippen molar-refractivity contribution < 1.29 is 4.42 Å². The molecule has 0 radical (unpaired) electrons. The largest absolute Gasteiger partial charge is 0.455 e. The van der Waals surface area contributed by atoms with Gasteiger partial charge in [0.25, 0.3) is 0 Å². The topological polar surface area (TPSA) is 13.1 Å². The molecule has 0 N–H and O–H groups in total. The molecule has 1 nitrogen and oxygen atoms in total.